The number of ether oxygens (including phenoxy) is 1. The summed E-state index contributed by atoms with van der Waals surface area (Å²) in [5, 5.41) is 11.1. The highest BCUT2D eigenvalue weighted by atomic mass is 16.6. The van der Waals surface area contributed by atoms with Gasteiger partial charge in [0.2, 0.25) is 5.91 Å². The quantitative estimate of drug-likeness (QED) is 0.509. The molecular formula is C15H13N3O5. The molecule has 0 aliphatic rings. The lowest BCUT2D eigenvalue weighted by Crippen LogP contribution is -2.12. The second-order valence-electron chi connectivity index (χ2n) is 4.73. The van der Waals surface area contributed by atoms with Gasteiger partial charge in [-0.2, -0.15) is 0 Å². The molecule has 0 saturated carbocycles. The minimum atomic E-state index is -0.776. The first kappa shape index (κ1) is 16.1. The highest BCUT2D eigenvalue weighted by molar-refractivity contribution is 5.93. The Hall–Kier alpha value is -3.29. The molecule has 1 aromatic heterocycles. The monoisotopic (exact) mass is 315 g/mol. The van der Waals surface area contributed by atoms with Crippen LogP contribution in [0.4, 0.5) is 5.69 Å². The van der Waals surface area contributed by atoms with Gasteiger partial charge in [-0.15, -0.1) is 0 Å². The summed E-state index contributed by atoms with van der Waals surface area (Å²) in [6.45, 7) is 1.47. The fraction of sp³-hybridized carbons (Fsp3) is 0.133. The lowest BCUT2D eigenvalue weighted by atomic mass is 10.1. The van der Waals surface area contributed by atoms with Gasteiger partial charge in [-0.3, -0.25) is 19.9 Å². The van der Waals surface area contributed by atoms with Crippen molar-refractivity contribution in [2.45, 2.75) is 13.5 Å². The molecule has 0 bridgehead atoms. The van der Waals surface area contributed by atoms with Crippen LogP contribution >= 0.6 is 0 Å². The molecule has 0 atom stereocenters. The SMILES string of the molecule is Cc1ccc(C(=O)OCc2ccc(C(N)=O)cc2[N+](=O)[O-])cn1. The maximum atomic E-state index is 11.9. The second kappa shape index (κ2) is 6.65. The third kappa shape index (κ3) is 3.88. The van der Waals surface area contributed by atoms with Crippen LogP contribution in [-0.4, -0.2) is 21.8 Å². The third-order valence-electron chi connectivity index (χ3n) is 3.07. The van der Waals surface area contributed by atoms with Gasteiger partial charge in [0.15, 0.2) is 0 Å². The molecular weight excluding hydrogens is 302 g/mol. The van der Waals surface area contributed by atoms with Crippen molar-refractivity contribution in [3.8, 4) is 0 Å². The van der Waals surface area contributed by atoms with Crippen molar-refractivity contribution in [2.75, 3.05) is 0 Å². The summed E-state index contributed by atoms with van der Waals surface area (Å²) in [5.41, 5.74) is 5.91. The molecule has 2 aromatic rings. The molecule has 0 saturated heterocycles. The number of aryl methyl sites for hydroxylation is 1. The summed E-state index contributed by atoms with van der Waals surface area (Å²) >= 11 is 0. The molecule has 118 valence electrons. The highest BCUT2D eigenvalue weighted by Gasteiger charge is 2.18. The van der Waals surface area contributed by atoms with E-state index < -0.39 is 16.8 Å². The predicted molar refractivity (Wildman–Crippen MR) is 79.7 cm³/mol. The van der Waals surface area contributed by atoms with Crippen LogP contribution in [0.25, 0.3) is 0 Å². The van der Waals surface area contributed by atoms with E-state index in [2.05, 4.69) is 4.98 Å². The van der Waals surface area contributed by atoms with Crippen LogP contribution in [-0.2, 0) is 11.3 Å². The first-order chi connectivity index (χ1) is 10.9. The van der Waals surface area contributed by atoms with E-state index >= 15 is 0 Å². The van der Waals surface area contributed by atoms with Gasteiger partial charge in [-0.1, -0.05) is 0 Å². The van der Waals surface area contributed by atoms with Gasteiger partial charge in [-0.25, -0.2) is 4.79 Å². The van der Waals surface area contributed by atoms with Gasteiger partial charge in [0.05, 0.1) is 16.1 Å². The standard InChI is InChI=1S/C15H13N3O5/c1-9-2-3-11(7-17-9)15(20)23-8-12-5-4-10(14(16)19)6-13(12)18(21)22/h2-7H,8H2,1H3,(H2,16,19). The lowest BCUT2D eigenvalue weighted by molar-refractivity contribution is -0.385. The van der Waals surface area contributed by atoms with Crippen molar-refractivity contribution in [3.63, 3.8) is 0 Å². The molecule has 2 N–H and O–H groups in total. The molecule has 1 amide bonds. The van der Waals surface area contributed by atoms with Gasteiger partial charge < -0.3 is 10.5 Å². The number of pyridine rings is 1. The molecule has 1 aromatic carbocycles. The van der Waals surface area contributed by atoms with Gasteiger partial charge in [0, 0.05) is 23.5 Å². The fourth-order valence-corrected chi connectivity index (χ4v) is 1.82. The number of nitrogens with two attached hydrogens (primary N) is 1. The first-order valence-electron chi connectivity index (χ1n) is 6.55. The number of benzene rings is 1. The number of nitrogens with zero attached hydrogens (tertiary/aromatic N) is 2. The number of amides is 1. The van der Waals surface area contributed by atoms with E-state index in [4.69, 9.17) is 10.5 Å². The zero-order valence-corrected chi connectivity index (χ0v) is 12.2. The van der Waals surface area contributed by atoms with Crippen molar-refractivity contribution in [2.24, 2.45) is 5.73 Å². The molecule has 8 heteroatoms. The minimum absolute atomic E-state index is 0.00881. The second-order valence-corrected chi connectivity index (χ2v) is 4.73. The van der Waals surface area contributed by atoms with Crippen LogP contribution in [0.15, 0.2) is 36.5 Å². The van der Waals surface area contributed by atoms with Crippen molar-refractivity contribution in [1.82, 2.24) is 4.98 Å². The summed E-state index contributed by atoms with van der Waals surface area (Å²) in [4.78, 5) is 37.3. The largest absolute Gasteiger partial charge is 0.457 e. The van der Waals surface area contributed by atoms with Crippen molar-refractivity contribution >= 4 is 17.6 Å². The van der Waals surface area contributed by atoms with Crippen LogP contribution in [0, 0.1) is 17.0 Å². The first-order valence-corrected chi connectivity index (χ1v) is 6.55. The Labute approximate surface area is 131 Å². The lowest BCUT2D eigenvalue weighted by Gasteiger charge is -2.06. The Balaban J connectivity index is 2.16. The molecule has 0 aliphatic heterocycles. The Morgan fingerprint density at radius 3 is 2.52 bits per heavy atom. The fourth-order valence-electron chi connectivity index (χ4n) is 1.82. The van der Waals surface area contributed by atoms with Crippen molar-refractivity contribution in [1.29, 1.82) is 0 Å². The molecule has 0 unspecified atom stereocenters. The van der Waals surface area contributed by atoms with Gasteiger partial charge in [0.25, 0.3) is 5.69 Å². The normalized spacial score (nSPS) is 10.1. The van der Waals surface area contributed by atoms with Crippen molar-refractivity contribution in [3.05, 3.63) is 69.0 Å². The van der Waals surface area contributed by atoms with Crippen molar-refractivity contribution < 1.29 is 19.2 Å². The van der Waals surface area contributed by atoms with Crippen LogP contribution < -0.4 is 5.73 Å². The number of nitro benzene ring substituents is 1. The highest BCUT2D eigenvalue weighted by Crippen LogP contribution is 2.21. The van der Waals surface area contributed by atoms with E-state index in [1.165, 1.54) is 18.3 Å². The molecule has 0 spiro atoms. The Morgan fingerprint density at radius 1 is 1.26 bits per heavy atom. The number of nitro groups is 1. The summed E-state index contributed by atoms with van der Waals surface area (Å²) in [5.74, 6) is -1.42. The Kier molecular flexibility index (Phi) is 4.65. The van der Waals surface area contributed by atoms with E-state index in [-0.39, 0.29) is 29.0 Å². The average molecular weight is 315 g/mol. The summed E-state index contributed by atoms with van der Waals surface area (Å²) in [6, 6.07) is 6.93. The number of esters is 1. The van der Waals surface area contributed by atoms with Gasteiger partial charge in [-0.05, 0) is 31.2 Å². The van der Waals surface area contributed by atoms with E-state index in [0.29, 0.717) is 0 Å². The smallest absolute Gasteiger partial charge is 0.340 e. The average Bonchev–Trinajstić information content (AvgIpc) is 2.52. The number of carbonyl (C=O) groups is 2. The molecule has 0 fully saturated rings. The van der Waals surface area contributed by atoms with Crippen LogP contribution in [0.1, 0.15) is 32.0 Å². The molecule has 0 radical (unpaired) electrons. The number of rotatable bonds is 5. The number of hydrogen-bond acceptors (Lipinski definition) is 6. The van der Waals surface area contributed by atoms with Gasteiger partial charge in [0.1, 0.15) is 6.61 Å². The Morgan fingerprint density at radius 2 is 1.96 bits per heavy atom. The van der Waals surface area contributed by atoms with Crippen LogP contribution in [0.3, 0.4) is 0 Å². The third-order valence-corrected chi connectivity index (χ3v) is 3.07. The number of primary amides is 1. The molecule has 0 aliphatic carbocycles. The molecule has 8 nitrogen and oxygen atoms in total. The van der Waals surface area contributed by atoms with E-state index in [0.717, 1.165) is 11.8 Å². The summed E-state index contributed by atoms with van der Waals surface area (Å²) in [7, 11) is 0. The number of aromatic nitrogens is 1. The van der Waals surface area contributed by atoms with E-state index in [1.807, 2.05) is 0 Å². The van der Waals surface area contributed by atoms with Crippen LogP contribution in [0.5, 0.6) is 0 Å². The van der Waals surface area contributed by atoms with E-state index in [1.54, 1.807) is 19.1 Å². The molecule has 1 heterocycles. The maximum Gasteiger partial charge on any atom is 0.340 e. The van der Waals surface area contributed by atoms with Gasteiger partial charge >= 0.3 is 5.97 Å². The Bertz CT molecular complexity index is 771. The topological polar surface area (TPSA) is 125 Å². The van der Waals surface area contributed by atoms with E-state index in [9.17, 15) is 19.7 Å². The zero-order chi connectivity index (χ0) is 17.0. The summed E-state index contributed by atoms with van der Waals surface area (Å²) < 4.78 is 5.05. The van der Waals surface area contributed by atoms with Crippen LogP contribution in [0.2, 0.25) is 0 Å². The number of carbonyl (C=O) groups excluding carboxylic acids is 2. The number of hydrogen-bond donors (Lipinski definition) is 1. The predicted octanol–water partition coefficient (Wildman–Crippen LogP) is 1.75. The molecule has 23 heavy (non-hydrogen) atoms. The maximum absolute atomic E-state index is 11.9. The zero-order valence-electron chi connectivity index (χ0n) is 12.2. The minimum Gasteiger partial charge on any atom is -0.457 e. The summed E-state index contributed by atoms with van der Waals surface area (Å²) in [6.07, 6.45) is 1.36. The molecule has 2 rings (SSSR count).